The SMILES string of the molecule is CC1(C)CN(C(=O)Cc2ccccc2[N+](=O)[O-])CCC1N.Cl. The maximum Gasteiger partial charge on any atom is 0.273 e. The highest BCUT2D eigenvalue weighted by Crippen LogP contribution is 2.28. The molecule has 0 aliphatic carbocycles. The minimum absolute atomic E-state index is 0. The number of nitro groups is 1. The lowest BCUT2D eigenvalue weighted by Crippen LogP contribution is -2.54. The average Bonchev–Trinajstić information content (AvgIpc) is 2.42. The van der Waals surface area contributed by atoms with Crippen LogP contribution in [0.3, 0.4) is 0 Å². The highest BCUT2D eigenvalue weighted by atomic mass is 35.5. The van der Waals surface area contributed by atoms with Crippen molar-refractivity contribution in [3.8, 4) is 0 Å². The molecule has 0 saturated carbocycles. The number of halogens is 1. The van der Waals surface area contributed by atoms with Crippen molar-refractivity contribution in [1.29, 1.82) is 0 Å². The largest absolute Gasteiger partial charge is 0.342 e. The molecule has 22 heavy (non-hydrogen) atoms. The van der Waals surface area contributed by atoms with Crippen LogP contribution in [-0.4, -0.2) is 34.9 Å². The summed E-state index contributed by atoms with van der Waals surface area (Å²) < 4.78 is 0. The number of amides is 1. The maximum atomic E-state index is 12.4. The summed E-state index contributed by atoms with van der Waals surface area (Å²) in [6.45, 7) is 5.29. The lowest BCUT2D eigenvalue weighted by molar-refractivity contribution is -0.385. The monoisotopic (exact) mass is 327 g/mol. The van der Waals surface area contributed by atoms with Crippen molar-refractivity contribution in [3.63, 3.8) is 0 Å². The van der Waals surface area contributed by atoms with Crippen LogP contribution in [0.25, 0.3) is 0 Å². The van der Waals surface area contributed by atoms with Crippen molar-refractivity contribution in [3.05, 3.63) is 39.9 Å². The fraction of sp³-hybridized carbons (Fsp3) is 0.533. The number of hydrogen-bond acceptors (Lipinski definition) is 4. The van der Waals surface area contributed by atoms with Crippen LogP contribution in [0.1, 0.15) is 25.8 Å². The molecule has 1 aromatic rings. The Labute approximate surface area is 136 Å². The number of nitrogens with zero attached hydrogens (tertiary/aromatic N) is 2. The molecule has 0 bridgehead atoms. The Morgan fingerprint density at radius 1 is 1.45 bits per heavy atom. The van der Waals surface area contributed by atoms with Gasteiger partial charge in [-0.2, -0.15) is 0 Å². The standard InChI is InChI=1S/C15H21N3O3.ClH/c1-15(2)10-17(8-7-13(15)16)14(19)9-11-5-3-4-6-12(11)18(20)21;/h3-6,13H,7-10,16H2,1-2H3;1H. The molecule has 1 fully saturated rings. The fourth-order valence-corrected chi connectivity index (χ4v) is 2.70. The number of hydrogen-bond donors (Lipinski definition) is 1. The van der Waals surface area contributed by atoms with Gasteiger partial charge in [0.1, 0.15) is 0 Å². The van der Waals surface area contributed by atoms with Crippen LogP contribution in [-0.2, 0) is 11.2 Å². The number of carbonyl (C=O) groups excluding carboxylic acids is 1. The molecule has 1 heterocycles. The van der Waals surface area contributed by atoms with Gasteiger partial charge in [0.2, 0.25) is 5.91 Å². The number of piperidine rings is 1. The summed E-state index contributed by atoms with van der Waals surface area (Å²) in [5.74, 6) is -0.0794. The average molecular weight is 328 g/mol. The van der Waals surface area contributed by atoms with Gasteiger partial charge >= 0.3 is 0 Å². The van der Waals surface area contributed by atoms with Crippen LogP contribution in [0.15, 0.2) is 24.3 Å². The second kappa shape index (κ2) is 7.07. The summed E-state index contributed by atoms with van der Waals surface area (Å²) in [5.41, 5.74) is 6.39. The van der Waals surface area contributed by atoms with Gasteiger partial charge in [-0.15, -0.1) is 12.4 Å². The first-order chi connectivity index (χ1) is 9.81. The molecule has 1 saturated heterocycles. The molecule has 1 unspecified atom stereocenters. The predicted molar refractivity (Wildman–Crippen MR) is 87.0 cm³/mol. The number of nitrogens with two attached hydrogens (primary N) is 1. The molecule has 1 aliphatic rings. The van der Waals surface area contributed by atoms with Crippen LogP contribution >= 0.6 is 12.4 Å². The van der Waals surface area contributed by atoms with E-state index < -0.39 is 4.92 Å². The first kappa shape index (κ1) is 18.4. The first-order valence-corrected chi connectivity index (χ1v) is 7.07. The van der Waals surface area contributed by atoms with Gasteiger partial charge in [0.15, 0.2) is 0 Å². The van der Waals surface area contributed by atoms with Gasteiger partial charge in [0, 0.05) is 30.8 Å². The molecule has 7 heteroatoms. The minimum Gasteiger partial charge on any atom is -0.342 e. The normalized spacial score (nSPS) is 20.1. The summed E-state index contributed by atoms with van der Waals surface area (Å²) in [6.07, 6.45) is 0.818. The van der Waals surface area contributed by atoms with E-state index in [1.54, 1.807) is 23.1 Å². The van der Waals surface area contributed by atoms with Gasteiger partial charge in [-0.25, -0.2) is 0 Å². The van der Waals surface area contributed by atoms with Crippen LogP contribution in [0.2, 0.25) is 0 Å². The Morgan fingerprint density at radius 3 is 2.68 bits per heavy atom. The number of nitro benzene ring substituents is 1. The van der Waals surface area contributed by atoms with Crippen molar-refractivity contribution in [2.24, 2.45) is 11.1 Å². The Bertz CT molecular complexity index is 563. The van der Waals surface area contributed by atoms with Gasteiger partial charge in [0.05, 0.1) is 11.3 Å². The van der Waals surface area contributed by atoms with Crippen LogP contribution in [0.4, 0.5) is 5.69 Å². The molecular formula is C15H22ClN3O3. The van der Waals surface area contributed by atoms with Crippen molar-refractivity contribution in [2.75, 3.05) is 13.1 Å². The number of rotatable bonds is 3. The molecule has 1 atom stereocenters. The third kappa shape index (κ3) is 3.96. The van der Waals surface area contributed by atoms with Crippen molar-refractivity contribution >= 4 is 24.0 Å². The summed E-state index contributed by atoms with van der Waals surface area (Å²) in [6, 6.07) is 6.46. The van der Waals surface area contributed by atoms with E-state index in [0.717, 1.165) is 6.42 Å². The molecule has 0 spiro atoms. The molecule has 2 rings (SSSR count). The summed E-state index contributed by atoms with van der Waals surface area (Å²) in [5, 5.41) is 11.0. The highest BCUT2D eigenvalue weighted by Gasteiger charge is 2.35. The number of para-hydroxylation sites is 1. The van der Waals surface area contributed by atoms with Crippen molar-refractivity contribution in [1.82, 2.24) is 4.90 Å². The lowest BCUT2D eigenvalue weighted by atomic mass is 9.79. The molecule has 1 aromatic carbocycles. The van der Waals surface area contributed by atoms with E-state index in [1.165, 1.54) is 6.07 Å². The molecule has 0 radical (unpaired) electrons. The van der Waals surface area contributed by atoms with Gasteiger partial charge in [0.25, 0.3) is 5.69 Å². The number of likely N-dealkylation sites (tertiary alicyclic amines) is 1. The number of carbonyl (C=O) groups is 1. The highest BCUT2D eigenvalue weighted by molar-refractivity contribution is 5.85. The van der Waals surface area contributed by atoms with E-state index in [-0.39, 0.29) is 41.9 Å². The lowest BCUT2D eigenvalue weighted by Gasteiger charge is -2.42. The van der Waals surface area contributed by atoms with Gasteiger partial charge in [-0.05, 0) is 11.8 Å². The topological polar surface area (TPSA) is 89.5 Å². The van der Waals surface area contributed by atoms with E-state index >= 15 is 0 Å². The second-order valence-electron chi connectivity index (χ2n) is 6.26. The Kier molecular flexibility index (Phi) is 5.91. The molecule has 1 aliphatic heterocycles. The van der Waals surface area contributed by atoms with E-state index in [2.05, 4.69) is 0 Å². The van der Waals surface area contributed by atoms with Crippen LogP contribution in [0.5, 0.6) is 0 Å². The van der Waals surface area contributed by atoms with E-state index in [0.29, 0.717) is 18.7 Å². The van der Waals surface area contributed by atoms with E-state index in [9.17, 15) is 14.9 Å². The van der Waals surface area contributed by atoms with Gasteiger partial charge in [-0.1, -0.05) is 32.0 Å². The third-order valence-electron chi connectivity index (χ3n) is 4.19. The molecule has 122 valence electrons. The second-order valence-corrected chi connectivity index (χ2v) is 6.26. The van der Waals surface area contributed by atoms with E-state index in [4.69, 9.17) is 5.73 Å². The minimum atomic E-state index is -0.446. The van der Waals surface area contributed by atoms with Gasteiger partial charge in [-0.3, -0.25) is 14.9 Å². The zero-order valence-electron chi connectivity index (χ0n) is 12.8. The molecule has 1 amide bonds. The predicted octanol–water partition coefficient (Wildman–Crippen LogP) is 2.14. The number of benzene rings is 1. The Balaban J connectivity index is 0.00000242. The molecule has 6 nitrogen and oxygen atoms in total. The van der Waals surface area contributed by atoms with E-state index in [1.807, 2.05) is 13.8 Å². The smallest absolute Gasteiger partial charge is 0.273 e. The van der Waals surface area contributed by atoms with Gasteiger partial charge < -0.3 is 10.6 Å². The maximum absolute atomic E-state index is 12.4. The zero-order chi connectivity index (χ0) is 15.6. The quantitative estimate of drug-likeness (QED) is 0.680. The van der Waals surface area contributed by atoms with Crippen LogP contribution in [0, 0.1) is 15.5 Å². The summed E-state index contributed by atoms with van der Waals surface area (Å²) >= 11 is 0. The Hall–Kier alpha value is -1.66. The Morgan fingerprint density at radius 2 is 2.09 bits per heavy atom. The first-order valence-electron chi connectivity index (χ1n) is 7.07. The summed E-state index contributed by atoms with van der Waals surface area (Å²) in [4.78, 5) is 24.7. The van der Waals surface area contributed by atoms with Crippen molar-refractivity contribution < 1.29 is 9.72 Å². The summed E-state index contributed by atoms with van der Waals surface area (Å²) in [7, 11) is 0. The molecular weight excluding hydrogens is 306 g/mol. The third-order valence-corrected chi connectivity index (χ3v) is 4.19. The zero-order valence-corrected chi connectivity index (χ0v) is 13.6. The fourth-order valence-electron chi connectivity index (χ4n) is 2.70. The molecule has 0 aromatic heterocycles. The molecule has 2 N–H and O–H groups in total. The van der Waals surface area contributed by atoms with Crippen molar-refractivity contribution in [2.45, 2.75) is 32.7 Å². The van der Waals surface area contributed by atoms with Crippen LogP contribution < -0.4 is 5.73 Å².